The van der Waals surface area contributed by atoms with Gasteiger partial charge in [-0.25, -0.2) is 4.79 Å². The predicted octanol–water partition coefficient (Wildman–Crippen LogP) is 0.112. The van der Waals surface area contributed by atoms with Crippen LogP contribution in [0, 0.1) is 11.8 Å². The molecule has 4 atom stereocenters. The Balaban J connectivity index is 5.40. The maximum absolute atomic E-state index is 12.6. The zero-order valence-corrected chi connectivity index (χ0v) is 16.9. The highest BCUT2D eigenvalue weighted by molar-refractivity contribution is 5.94. The zero-order chi connectivity index (χ0) is 22.0. The third kappa shape index (κ3) is 9.33. The van der Waals surface area contributed by atoms with Gasteiger partial charge in [-0.2, -0.15) is 0 Å². The van der Waals surface area contributed by atoms with Crippen molar-refractivity contribution in [1.29, 1.82) is 0 Å². The van der Waals surface area contributed by atoms with Crippen LogP contribution in [0.2, 0.25) is 0 Å². The van der Waals surface area contributed by atoms with Crippen molar-refractivity contribution in [3.05, 3.63) is 0 Å². The minimum absolute atomic E-state index is 0.0257. The van der Waals surface area contributed by atoms with Crippen LogP contribution < -0.4 is 16.0 Å². The molecule has 160 valence electrons. The lowest BCUT2D eigenvalue weighted by molar-refractivity contribution is -0.143. The van der Waals surface area contributed by atoms with Gasteiger partial charge in [0.15, 0.2) is 0 Å². The highest BCUT2D eigenvalue weighted by atomic mass is 16.4. The lowest BCUT2D eigenvalue weighted by atomic mass is 9.96. The molecule has 5 N–H and O–H groups in total. The first-order chi connectivity index (χ1) is 12.9. The molecule has 0 aliphatic carbocycles. The van der Waals surface area contributed by atoms with E-state index in [-0.39, 0.29) is 18.3 Å². The Morgan fingerprint density at radius 1 is 0.857 bits per heavy atom. The molecule has 0 radical (unpaired) electrons. The maximum Gasteiger partial charge on any atom is 0.326 e. The van der Waals surface area contributed by atoms with Gasteiger partial charge in [-0.05, 0) is 18.3 Å². The standard InChI is InChI=1S/C18H31N3O7/c1-6-10(4)15(17(26)20-13(18(27)28)7-9(2)3)21-16(25)12(8-14(23)24)19-11(5)22/h9-10,12-13,15H,6-8H2,1-5H3,(H,19,22)(H,20,26)(H,21,25)(H,23,24)(H,27,28)/t10-,12-,13-,15-/m0/s1. The largest absolute Gasteiger partial charge is 0.481 e. The summed E-state index contributed by atoms with van der Waals surface area (Å²) in [5, 5.41) is 25.4. The third-order valence-electron chi connectivity index (χ3n) is 4.19. The van der Waals surface area contributed by atoms with E-state index in [0.29, 0.717) is 6.42 Å². The van der Waals surface area contributed by atoms with Crippen molar-refractivity contribution in [2.24, 2.45) is 11.8 Å². The van der Waals surface area contributed by atoms with E-state index in [1.165, 1.54) is 0 Å². The first-order valence-corrected chi connectivity index (χ1v) is 9.21. The van der Waals surface area contributed by atoms with Crippen LogP contribution >= 0.6 is 0 Å². The number of carboxylic acids is 2. The van der Waals surface area contributed by atoms with Crippen LogP contribution in [0.3, 0.4) is 0 Å². The van der Waals surface area contributed by atoms with E-state index in [2.05, 4.69) is 16.0 Å². The van der Waals surface area contributed by atoms with Crippen LogP contribution in [0.25, 0.3) is 0 Å². The number of carbonyl (C=O) groups excluding carboxylic acids is 3. The molecule has 0 bridgehead atoms. The second kappa shape index (κ2) is 11.9. The van der Waals surface area contributed by atoms with E-state index in [4.69, 9.17) is 5.11 Å². The number of hydrogen-bond donors (Lipinski definition) is 5. The Bertz CT molecular complexity index is 576. The molecule has 3 amide bonds. The number of aliphatic carboxylic acids is 2. The first kappa shape index (κ1) is 25.4. The topological polar surface area (TPSA) is 162 Å². The van der Waals surface area contributed by atoms with Crippen molar-refractivity contribution in [1.82, 2.24) is 16.0 Å². The number of amides is 3. The monoisotopic (exact) mass is 401 g/mol. The molecule has 28 heavy (non-hydrogen) atoms. The highest BCUT2D eigenvalue weighted by Crippen LogP contribution is 2.11. The van der Waals surface area contributed by atoms with E-state index >= 15 is 0 Å². The molecule has 0 aromatic heterocycles. The van der Waals surface area contributed by atoms with Crippen LogP contribution in [0.5, 0.6) is 0 Å². The molecule has 0 fully saturated rings. The second-order valence-corrected chi connectivity index (χ2v) is 7.25. The molecule has 0 rings (SSSR count). The van der Waals surface area contributed by atoms with Crippen molar-refractivity contribution in [3.8, 4) is 0 Å². The molecule has 0 saturated carbocycles. The summed E-state index contributed by atoms with van der Waals surface area (Å²) in [4.78, 5) is 58.7. The van der Waals surface area contributed by atoms with Gasteiger partial charge in [-0.3, -0.25) is 19.2 Å². The van der Waals surface area contributed by atoms with Gasteiger partial charge in [0.2, 0.25) is 17.7 Å². The summed E-state index contributed by atoms with van der Waals surface area (Å²) in [7, 11) is 0. The molecule has 0 heterocycles. The Labute approximate surface area is 164 Å². The molecule has 0 aromatic carbocycles. The molecule has 0 spiro atoms. The van der Waals surface area contributed by atoms with Gasteiger partial charge in [0.25, 0.3) is 0 Å². The van der Waals surface area contributed by atoms with E-state index in [1.807, 2.05) is 13.8 Å². The van der Waals surface area contributed by atoms with Gasteiger partial charge in [0.1, 0.15) is 18.1 Å². The minimum atomic E-state index is -1.35. The first-order valence-electron chi connectivity index (χ1n) is 9.21. The Kier molecular flexibility index (Phi) is 10.8. The maximum atomic E-state index is 12.6. The van der Waals surface area contributed by atoms with Crippen molar-refractivity contribution in [3.63, 3.8) is 0 Å². The molecule has 10 nitrogen and oxygen atoms in total. The predicted molar refractivity (Wildman–Crippen MR) is 100 cm³/mol. The van der Waals surface area contributed by atoms with Crippen molar-refractivity contribution >= 4 is 29.7 Å². The summed E-state index contributed by atoms with van der Waals surface area (Å²) in [6.07, 6.45) is 0.0746. The van der Waals surface area contributed by atoms with Crippen LogP contribution in [-0.2, 0) is 24.0 Å². The Morgan fingerprint density at radius 3 is 1.82 bits per heavy atom. The Hall–Kier alpha value is -2.65. The molecular formula is C18H31N3O7. The van der Waals surface area contributed by atoms with Crippen LogP contribution in [0.4, 0.5) is 0 Å². The fourth-order valence-electron chi connectivity index (χ4n) is 2.54. The zero-order valence-electron chi connectivity index (χ0n) is 16.9. The average molecular weight is 401 g/mol. The summed E-state index contributed by atoms with van der Waals surface area (Å²) in [5.74, 6) is -4.88. The van der Waals surface area contributed by atoms with Gasteiger partial charge in [0.05, 0.1) is 6.42 Å². The normalized spacial score (nSPS) is 15.1. The van der Waals surface area contributed by atoms with Gasteiger partial charge in [0, 0.05) is 6.92 Å². The number of rotatable bonds is 12. The Morgan fingerprint density at radius 2 is 1.43 bits per heavy atom. The van der Waals surface area contributed by atoms with Crippen LogP contribution in [0.1, 0.15) is 53.9 Å². The van der Waals surface area contributed by atoms with E-state index in [1.54, 1.807) is 13.8 Å². The smallest absolute Gasteiger partial charge is 0.326 e. The van der Waals surface area contributed by atoms with Gasteiger partial charge in [-0.1, -0.05) is 34.1 Å². The molecule has 0 aliphatic rings. The number of hydrogen-bond acceptors (Lipinski definition) is 5. The summed E-state index contributed by atoms with van der Waals surface area (Å²) in [5.41, 5.74) is 0. The van der Waals surface area contributed by atoms with Crippen LogP contribution in [0.15, 0.2) is 0 Å². The van der Waals surface area contributed by atoms with E-state index in [0.717, 1.165) is 6.92 Å². The number of nitrogens with one attached hydrogen (secondary N) is 3. The summed E-state index contributed by atoms with van der Waals surface area (Å²) in [6, 6.07) is -3.53. The molecule has 0 aliphatic heterocycles. The quantitative estimate of drug-likeness (QED) is 0.310. The van der Waals surface area contributed by atoms with Gasteiger partial charge < -0.3 is 26.2 Å². The summed E-state index contributed by atoms with van der Waals surface area (Å²) < 4.78 is 0. The van der Waals surface area contributed by atoms with Crippen molar-refractivity contribution in [2.75, 3.05) is 0 Å². The molecule has 0 unspecified atom stereocenters. The number of carboxylic acid groups (broad SMARTS) is 2. The highest BCUT2D eigenvalue weighted by Gasteiger charge is 2.32. The molecular weight excluding hydrogens is 370 g/mol. The number of carbonyl (C=O) groups is 5. The van der Waals surface area contributed by atoms with Gasteiger partial charge >= 0.3 is 11.9 Å². The molecule has 10 heteroatoms. The van der Waals surface area contributed by atoms with Gasteiger partial charge in [-0.15, -0.1) is 0 Å². The average Bonchev–Trinajstić information content (AvgIpc) is 2.56. The third-order valence-corrected chi connectivity index (χ3v) is 4.19. The van der Waals surface area contributed by atoms with Crippen LogP contribution in [-0.4, -0.2) is 58.0 Å². The van der Waals surface area contributed by atoms with Crippen molar-refractivity contribution in [2.45, 2.75) is 72.0 Å². The summed E-state index contributed by atoms with van der Waals surface area (Å²) >= 11 is 0. The fraction of sp³-hybridized carbons (Fsp3) is 0.722. The summed E-state index contributed by atoms with van der Waals surface area (Å²) in [6.45, 7) is 8.28. The molecule has 0 saturated heterocycles. The lowest BCUT2D eigenvalue weighted by Gasteiger charge is -2.27. The lowest BCUT2D eigenvalue weighted by Crippen LogP contribution is -2.58. The van der Waals surface area contributed by atoms with Crippen molar-refractivity contribution < 1.29 is 34.2 Å². The van der Waals surface area contributed by atoms with E-state index < -0.39 is 54.2 Å². The molecule has 0 aromatic rings. The van der Waals surface area contributed by atoms with E-state index in [9.17, 15) is 29.1 Å². The SMILES string of the molecule is CC[C@H](C)[C@H](NC(=O)[C@H](CC(=O)O)NC(C)=O)C(=O)N[C@@H](CC(C)C)C(=O)O. The minimum Gasteiger partial charge on any atom is -0.481 e. The second-order valence-electron chi connectivity index (χ2n) is 7.25. The fourth-order valence-corrected chi connectivity index (χ4v) is 2.54.